The molecule has 0 radical (unpaired) electrons. The summed E-state index contributed by atoms with van der Waals surface area (Å²) in [6.45, 7) is 2.01. The maximum atomic E-state index is 13.1. The fraction of sp³-hybridized carbons (Fsp3) is 0.0833. The summed E-state index contributed by atoms with van der Waals surface area (Å²) in [7, 11) is -3.30. The molecular weight excluding hydrogens is 410 g/mol. The highest BCUT2D eigenvalue weighted by Crippen LogP contribution is 2.25. The van der Waals surface area contributed by atoms with Crippen LogP contribution in [0.4, 0.5) is 5.69 Å². The van der Waals surface area contributed by atoms with Crippen molar-refractivity contribution in [1.82, 2.24) is 9.78 Å². The highest BCUT2D eigenvalue weighted by Gasteiger charge is 2.19. The molecule has 156 valence electrons. The van der Waals surface area contributed by atoms with Crippen LogP contribution in [0.2, 0.25) is 0 Å². The van der Waals surface area contributed by atoms with Gasteiger partial charge in [-0.05, 0) is 43.3 Å². The van der Waals surface area contributed by atoms with Gasteiger partial charge in [0.05, 0.1) is 16.1 Å². The van der Waals surface area contributed by atoms with Gasteiger partial charge in [-0.15, -0.1) is 0 Å². The molecule has 4 rings (SSSR count). The van der Waals surface area contributed by atoms with Gasteiger partial charge in [0.1, 0.15) is 5.69 Å². The zero-order chi connectivity index (χ0) is 22.0. The van der Waals surface area contributed by atoms with Crippen LogP contribution in [0, 0.1) is 6.92 Å². The summed E-state index contributed by atoms with van der Waals surface area (Å²) in [5.41, 5.74) is 4.28. The lowest BCUT2D eigenvalue weighted by Gasteiger charge is -2.06. The number of aryl methyl sites for hydroxylation is 1. The molecule has 0 saturated carbocycles. The van der Waals surface area contributed by atoms with E-state index in [1.165, 1.54) is 12.1 Å². The molecule has 1 amide bonds. The summed E-state index contributed by atoms with van der Waals surface area (Å²) in [6.07, 6.45) is 2.85. The Hall–Kier alpha value is -3.71. The number of carbonyl (C=O) groups is 1. The van der Waals surface area contributed by atoms with E-state index in [-0.39, 0.29) is 10.8 Å². The standard InChI is InChI=1S/C24H21N3O3S/c1-17-8-12-20(13-9-17)27-16-22(23(26-27)18-6-4-3-5-7-18)24(28)25-19-10-14-21(15-11-19)31(2,29)30/h3-16H,1-2H3,(H,25,28). The molecule has 6 nitrogen and oxygen atoms in total. The molecule has 0 bridgehead atoms. The summed E-state index contributed by atoms with van der Waals surface area (Å²) in [5, 5.41) is 7.50. The van der Waals surface area contributed by atoms with E-state index in [9.17, 15) is 13.2 Å². The quantitative estimate of drug-likeness (QED) is 0.504. The van der Waals surface area contributed by atoms with Gasteiger partial charge in [0.2, 0.25) is 0 Å². The predicted octanol–water partition coefficient (Wildman–Crippen LogP) is 4.50. The smallest absolute Gasteiger partial charge is 0.259 e. The average Bonchev–Trinajstić information content (AvgIpc) is 3.20. The van der Waals surface area contributed by atoms with Gasteiger partial charge in [-0.3, -0.25) is 4.79 Å². The Morgan fingerprint density at radius 1 is 0.903 bits per heavy atom. The SMILES string of the molecule is Cc1ccc(-n2cc(C(=O)Nc3ccc(S(C)(=O)=O)cc3)c(-c3ccccc3)n2)cc1. The number of carbonyl (C=O) groups excluding carboxylic acids is 1. The zero-order valence-corrected chi connectivity index (χ0v) is 17.9. The molecule has 0 aliphatic carbocycles. The summed E-state index contributed by atoms with van der Waals surface area (Å²) in [4.78, 5) is 13.3. The van der Waals surface area contributed by atoms with E-state index in [2.05, 4.69) is 10.4 Å². The molecule has 0 aliphatic rings. The minimum absolute atomic E-state index is 0.197. The molecule has 0 unspecified atom stereocenters. The van der Waals surface area contributed by atoms with Crippen molar-refractivity contribution in [3.63, 3.8) is 0 Å². The van der Waals surface area contributed by atoms with Crippen LogP contribution in [0.25, 0.3) is 16.9 Å². The molecule has 0 spiro atoms. The van der Waals surface area contributed by atoms with E-state index >= 15 is 0 Å². The Balaban J connectivity index is 1.70. The molecular formula is C24H21N3O3S. The summed E-state index contributed by atoms with van der Waals surface area (Å²) in [5.74, 6) is -0.329. The molecule has 0 aliphatic heterocycles. The number of rotatable bonds is 5. The fourth-order valence-electron chi connectivity index (χ4n) is 3.16. The van der Waals surface area contributed by atoms with Crippen molar-refractivity contribution >= 4 is 21.4 Å². The van der Waals surface area contributed by atoms with Gasteiger partial charge in [-0.1, -0.05) is 48.0 Å². The Morgan fingerprint density at radius 2 is 1.55 bits per heavy atom. The van der Waals surface area contributed by atoms with Crippen LogP contribution in [-0.4, -0.2) is 30.4 Å². The highest BCUT2D eigenvalue weighted by atomic mass is 32.2. The van der Waals surface area contributed by atoms with Crippen LogP contribution in [0.5, 0.6) is 0 Å². The Kier molecular flexibility index (Phi) is 5.44. The second kappa shape index (κ2) is 8.20. The number of hydrogen-bond donors (Lipinski definition) is 1. The number of amides is 1. The summed E-state index contributed by atoms with van der Waals surface area (Å²) in [6, 6.07) is 23.5. The van der Waals surface area contributed by atoms with E-state index in [1.807, 2.05) is 61.5 Å². The van der Waals surface area contributed by atoms with E-state index in [1.54, 1.807) is 23.0 Å². The van der Waals surface area contributed by atoms with Crippen molar-refractivity contribution in [3.8, 4) is 16.9 Å². The molecule has 1 N–H and O–H groups in total. The molecule has 4 aromatic rings. The average molecular weight is 432 g/mol. The Morgan fingerprint density at radius 3 is 2.16 bits per heavy atom. The van der Waals surface area contributed by atoms with E-state index in [0.29, 0.717) is 16.9 Å². The number of aromatic nitrogens is 2. The number of nitrogens with zero attached hydrogens (tertiary/aromatic N) is 2. The van der Waals surface area contributed by atoms with Crippen molar-refractivity contribution in [2.24, 2.45) is 0 Å². The molecule has 7 heteroatoms. The fourth-order valence-corrected chi connectivity index (χ4v) is 3.79. The largest absolute Gasteiger partial charge is 0.322 e. The van der Waals surface area contributed by atoms with Gasteiger partial charge >= 0.3 is 0 Å². The lowest BCUT2D eigenvalue weighted by atomic mass is 10.1. The first-order valence-corrected chi connectivity index (χ1v) is 11.5. The van der Waals surface area contributed by atoms with Crippen molar-refractivity contribution in [3.05, 3.63) is 96.2 Å². The Bertz CT molecular complexity index is 1330. The molecule has 0 fully saturated rings. The number of sulfone groups is 1. The molecule has 1 aromatic heterocycles. The normalized spacial score (nSPS) is 11.3. The van der Waals surface area contributed by atoms with E-state index in [4.69, 9.17) is 0 Å². The van der Waals surface area contributed by atoms with Crippen LogP contribution in [-0.2, 0) is 9.84 Å². The van der Waals surface area contributed by atoms with Crippen LogP contribution >= 0.6 is 0 Å². The van der Waals surface area contributed by atoms with Crippen LogP contribution in [0.15, 0.2) is 90.0 Å². The first-order chi connectivity index (χ1) is 14.8. The van der Waals surface area contributed by atoms with Crippen molar-refractivity contribution in [2.75, 3.05) is 11.6 Å². The maximum absolute atomic E-state index is 13.1. The van der Waals surface area contributed by atoms with Gasteiger partial charge in [0.15, 0.2) is 9.84 Å². The third kappa shape index (κ3) is 4.57. The number of anilines is 1. The third-order valence-electron chi connectivity index (χ3n) is 4.84. The summed E-state index contributed by atoms with van der Waals surface area (Å²) < 4.78 is 25.0. The van der Waals surface area contributed by atoms with Gasteiger partial charge in [0, 0.05) is 23.7 Å². The minimum Gasteiger partial charge on any atom is -0.322 e. The van der Waals surface area contributed by atoms with Crippen molar-refractivity contribution in [1.29, 1.82) is 0 Å². The van der Waals surface area contributed by atoms with Crippen LogP contribution < -0.4 is 5.32 Å². The van der Waals surface area contributed by atoms with Gasteiger partial charge in [0.25, 0.3) is 5.91 Å². The van der Waals surface area contributed by atoms with Crippen LogP contribution in [0.1, 0.15) is 15.9 Å². The monoisotopic (exact) mass is 431 g/mol. The van der Waals surface area contributed by atoms with Crippen molar-refractivity contribution in [2.45, 2.75) is 11.8 Å². The topological polar surface area (TPSA) is 81.1 Å². The minimum atomic E-state index is -3.30. The zero-order valence-electron chi connectivity index (χ0n) is 17.1. The predicted molar refractivity (Wildman–Crippen MR) is 121 cm³/mol. The molecule has 3 aromatic carbocycles. The number of benzene rings is 3. The molecule has 1 heterocycles. The van der Waals surface area contributed by atoms with E-state index < -0.39 is 9.84 Å². The van der Waals surface area contributed by atoms with Crippen LogP contribution in [0.3, 0.4) is 0 Å². The second-order valence-corrected chi connectivity index (χ2v) is 9.30. The van der Waals surface area contributed by atoms with E-state index in [0.717, 1.165) is 23.1 Å². The Labute approximate surface area is 181 Å². The first kappa shape index (κ1) is 20.6. The number of hydrogen-bond acceptors (Lipinski definition) is 4. The summed E-state index contributed by atoms with van der Waals surface area (Å²) >= 11 is 0. The number of nitrogens with one attached hydrogen (secondary N) is 1. The second-order valence-electron chi connectivity index (χ2n) is 7.29. The lowest BCUT2D eigenvalue weighted by Crippen LogP contribution is -2.12. The van der Waals surface area contributed by atoms with Gasteiger partial charge < -0.3 is 5.32 Å². The lowest BCUT2D eigenvalue weighted by molar-refractivity contribution is 0.102. The molecule has 0 saturated heterocycles. The maximum Gasteiger partial charge on any atom is 0.259 e. The molecule has 0 atom stereocenters. The van der Waals surface area contributed by atoms with Gasteiger partial charge in [-0.2, -0.15) is 5.10 Å². The highest BCUT2D eigenvalue weighted by molar-refractivity contribution is 7.90. The van der Waals surface area contributed by atoms with Gasteiger partial charge in [-0.25, -0.2) is 13.1 Å². The third-order valence-corrected chi connectivity index (χ3v) is 5.97. The first-order valence-electron chi connectivity index (χ1n) is 9.65. The van der Waals surface area contributed by atoms with Crippen molar-refractivity contribution < 1.29 is 13.2 Å². The molecule has 31 heavy (non-hydrogen) atoms.